The largest absolute Gasteiger partial charge is 0.324 e. The number of nitrogens with zero attached hydrogens (tertiary/aromatic N) is 4. The molecule has 2 aromatic heterocycles. The number of amides is 1. The van der Waals surface area contributed by atoms with Crippen molar-refractivity contribution < 1.29 is 9.59 Å². The second-order valence-corrected chi connectivity index (χ2v) is 11.0. The van der Waals surface area contributed by atoms with E-state index < -0.39 is 5.41 Å². The maximum atomic E-state index is 14.0. The summed E-state index contributed by atoms with van der Waals surface area (Å²) in [5.74, 6) is 0.547. The molecule has 3 aliphatic rings. The first-order valence-electron chi connectivity index (χ1n) is 11.7. The van der Waals surface area contributed by atoms with Crippen LogP contribution in [0.5, 0.6) is 0 Å². The van der Waals surface area contributed by atoms with Crippen LogP contribution < -0.4 is 10.2 Å². The zero-order valence-electron chi connectivity index (χ0n) is 19.7. The van der Waals surface area contributed by atoms with Crippen molar-refractivity contribution in [3.05, 3.63) is 94.0 Å². The van der Waals surface area contributed by atoms with E-state index in [0.717, 1.165) is 4.47 Å². The van der Waals surface area contributed by atoms with Crippen molar-refractivity contribution in [2.24, 2.45) is 5.41 Å². The summed E-state index contributed by atoms with van der Waals surface area (Å²) in [6, 6.07) is 17.1. The molecule has 0 unspecified atom stereocenters. The first-order chi connectivity index (χ1) is 17.3. The Morgan fingerprint density at radius 2 is 1.81 bits per heavy atom. The van der Waals surface area contributed by atoms with Crippen LogP contribution in [-0.2, 0) is 15.0 Å². The van der Waals surface area contributed by atoms with E-state index in [2.05, 4.69) is 46.1 Å². The first-order valence-corrected chi connectivity index (χ1v) is 12.4. The van der Waals surface area contributed by atoms with Gasteiger partial charge in [0.25, 0.3) is 0 Å². The van der Waals surface area contributed by atoms with Crippen LogP contribution in [0.15, 0.2) is 88.4 Å². The molecular formula is C28H22BrN5O2. The number of carbonyl (C=O) groups is 2. The Kier molecular flexibility index (Phi) is 4.86. The molecule has 6 rings (SSSR count). The third-order valence-electron chi connectivity index (χ3n) is 7.13. The highest BCUT2D eigenvalue weighted by Gasteiger charge is 2.61. The number of halogens is 1. The van der Waals surface area contributed by atoms with Crippen LogP contribution in [0, 0.1) is 16.7 Å². The van der Waals surface area contributed by atoms with Gasteiger partial charge in [-0.15, -0.1) is 0 Å². The zero-order valence-corrected chi connectivity index (χ0v) is 21.3. The predicted molar refractivity (Wildman–Crippen MR) is 139 cm³/mol. The van der Waals surface area contributed by atoms with Crippen molar-refractivity contribution in [3.63, 3.8) is 0 Å². The zero-order chi connectivity index (χ0) is 25.2. The minimum atomic E-state index is -1.54. The van der Waals surface area contributed by atoms with Crippen molar-refractivity contribution in [2.75, 3.05) is 10.2 Å². The average Bonchev–Trinajstić information content (AvgIpc) is 3.46. The van der Waals surface area contributed by atoms with Gasteiger partial charge in [0.15, 0.2) is 5.78 Å². The number of hydrogen-bond acceptors (Lipinski definition) is 5. The van der Waals surface area contributed by atoms with Gasteiger partial charge in [-0.2, -0.15) is 5.26 Å². The maximum absolute atomic E-state index is 14.0. The smallest absolute Gasteiger partial charge is 0.245 e. The Morgan fingerprint density at radius 3 is 2.50 bits per heavy atom. The number of pyridine rings is 1. The number of carbonyl (C=O) groups excluding carboxylic acids is 2. The summed E-state index contributed by atoms with van der Waals surface area (Å²) in [4.78, 5) is 34.6. The Bertz CT molecular complexity index is 1540. The van der Waals surface area contributed by atoms with Gasteiger partial charge in [-0.05, 0) is 58.1 Å². The molecule has 36 heavy (non-hydrogen) atoms. The van der Waals surface area contributed by atoms with E-state index in [1.807, 2.05) is 70.4 Å². The fourth-order valence-corrected chi connectivity index (χ4v) is 6.03. The lowest BCUT2D eigenvalue weighted by Gasteiger charge is -2.47. The lowest BCUT2D eigenvalue weighted by atomic mass is 9.60. The fraction of sp³-hybridized carbons (Fsp3) is 0.214. The maximum Gasteiger partial charge on any atom is 0.245 e. The van der Waals surface area contributed by atoms with Crippen molar-refractivity contribution in [1.29, 1.82) is 5.26 Å². The fourth-order valence-electron chi connectivity index (χ4n) is 5.79. The predicted octanol–water partition coefficient (Wildman–Crippen LogP) is 5.39. The summed E-state index contributed by atoms with van der Waals surface area (Å²) in [6.45, 7) is 4.10. The number of allylic oxidation sites excluding steroid dienone is 1. The van der Waals surface area contributed by atoms with Crippen molar-refractivity contribution in [3.8, 4) is 6.07 Å². The van der Waals surface area contributed by atoms with E-state index in [9.17, 15) is 14.9 Å². The molecule has 8 heteroatoms. The normalized spacial score (nSPS) is 22.4. The number of para-hydroxylation sites is 1. The van der Waals surface area contributed by atoms with Crippen molar-refractivity contribution in [1.82, 2.24) is 9.55 Å². The lowest BCUT2D eigenvalue weighted by molar-refractivity contribution is -0.123. The molecule has 4 heterocycles. The molecule has 178 valence electrons. The van der Waals surface area contributed by atoms with Gasteiger partial charge in [-0.1, -0.05) is 32.0 Å². The Morgan fingerprint density at radius 1 is 1.06 bits per heavy atom. The minimum absolute atomic E-state index is 0.130. The van der Waals surface area contributed by atoms with Gasteiger partial charge >= 0.3 is 0 Å². The Hall–Kier alpha value is -3.96. The highest BCUT2D eigenvalue weighted by Crippen LogP contribution is 2.58. The summed E-state index contributed by atoms with van der Waals surface area (Å²) >= 11 is 3.45. The SMILES string of the molecule is CC1(C)CC(=O)C2=C(C1)N(c1ccc(Br)cn1)C(n1cccc1)=C(C#N)[C@@]21C(=O)Nc2ccccc21. The van der Waals surface area contributed by atoms with Gasteiger partial charge in [-0.25, -0.2) is 4.98 Å². The molecule has 1 N–H and O–H groups in total. The van der Waals surface area contributed by atoms with Gasteiger partial charge in [0.2, 0.25) is 5.91 Å². The number of hydrogen-bond donors (Lipinski definition) is 1. The van der Waals surface area contributed by atoms with E-state index in [-0.39, 0.29) is 29.1 Å². The molecule has 1 atom stereocenters. The number of benzene rings is 1. The minimum Gasteiger partial charge on any atom is -0.324 e. The molecule has 3 aromatic rings. The average molecular weight is 540 g/mol. The number of fused-ring (bicyclic) bond motifs is 3. The van der Waals surface area contributed by atoms with Crippen LogP contribution in [0.2, 0.25) is 0 Å². The number of aromatic nitrogens is 2. The molecule has 0 fully saturated rings. The molecule has 0 saturated carbocycles. The van der Waals surface area contributed by atoms with E-state index in [1.54, 1.807) is 6.20 Å². The number of rotatable bonds is 2. The topological polar surface area (TPSA) is 91.0 Å². The highest BCUT2D eigenvalue weighted by molar-refractivity contribution is 9.10. The van der Waals surface area contributed by atoms with E-state index in [0.29, 0.717) is 40.6 Å². The number of ketones is 1. The van der Waals surface area contributed by atoms with E-state index in [1.165, 1.54) is 0 Å². The van der Waals surface area contributed by atoms with Gasteiger partial charge in [0, 0.05) is 52.0 Å². The molecule has 0 radical (unpaired) electrons. The van der Waals surface area contributed by atoms with Crippen LogP contribution in [0.1, 0.15) is 32.3 Å². The summed E-state index contributed by atoms with van der Waals surface area (Å²) in [6.07, 6.45) is 6.18. The third kappa shape index (κ3) is 2.99. The van der Waals surface area contributed by atoms with Gasteiger partial charge in [0.1, 0.15) is 23.1 Å². The number of anilines is 2. The number of nitrogens with one attached hydrogen (secondary N) is 1. The number of nitriles is 1. The molecule has 7 nitrogen and oxygen atoms in total. The lowest BCUT2D eigenvalue weighted by Crippen LogP contribution is -2.51. The van der Waals surface area contributed by atoms with E-state index in [4.69, 9.17) is 0 Å². The molecule has 0 bridgehead atoms. The van der Waals surface area contributed by atoms with Crippen LogP contribution in [0.4, 0.5) is 11.5 Å². The van der Waals surface area contributed by atoms with Crippen molar-refractivity contribution in [2.45, 2.75) is 32.1 Å². The van der Waals surface area contributed by atoms with Gasteiger partial charge in [0.05, 0.1) is 5.57 Å². The summed E-state index contributed by atoms with van der Waals surface area (Å²) in [5, 5.41) is 13.7. The molecule has 2 aliphatic heterocycles. The van der Waals surface area contributed by atoms with Gasteiger partial charge < -0.3 is 9.88 Å². The van der Waals surface area contributed by atoms with Crippen LogP contribution >= 0.6 is 15.9 Å². The molecular weight excluding hydrogens is 518 g/mol. The van der Waals surface area contributed by atoms with E-state index >= 15 is 0 Å². The second-order valence-electron chi connectivity index (χ2n) is 10.1. The van der Waals surface area contributed by atoms with Gasteiger partial charge in [-0.3, -0.25) is 14.5 Å². The number of Topliss-reactive ketones (excluding diaryl/α,β-unsaturated/α-hetero) is 1. The van der Waals surface area contributed by atoms with Crippen LogP contribution in [-0.4, -0.2) is 21.2 Å². The molecule has 1 aliphatic carbocycles. The first kappa shape index (κ1) is 22.5. The summed E-state index contributed by atoms with van der Waals surface area (Å²) in [5.41, 5.74) is 0.604. The monoisotopic (exact) mass is 539 g/mol. The quantitative estimate of drug-likeness (QED) is 0.471. The molecule has 0 saturated heterocycles. The second kappa shape index (κ2) is 7.77. The molecule has 1 aromatic carbocycles. The van der Waals surface area contributed by atoms with Crippen LogP contribution in [0.3, 0.4) is 0 Å². The van der Waals surface area contributed by atoms with Crippen LogP contribution in [0.25, 0.3) is 5.82 Å². The Labute approximate surface area is 216 Å². The standard InChI is InChI=1S/C28H22BrN5O2/c1-27(2)13-21-24(22(35)14-27)28(18-7-3-4-8-20(18)32-26(28)36)19(15-30)25(33-11-5-6-12-33)34(21)23-10-9-17(29)16-31-23/h3-12,16H,13-14H2,1-2H3,(H,32,36)/t28-/m1/s1. The highest BCUT2D eigenvalue weighted by atomic mass is 79.9. The Balaban J connectivity index is 1.79. The molecule has 1 amide bonds. The molecule has 1 spiro atoms. The summed E-state index contributed by atoms with van der Waals surface area (Å²) < 4.78 is 2.64. The summed E-state index contributed by atoms with van der Waals surface area (Å²) in [7, 11) is 0. The third-order valence-corrected chi connectivity index (χ3v) is 7.60. The van der Waals surface area contributed by atoms with Crippen molar-refractivity contribution >= 4 is 44.9 Å².